The molecule has 1 saturated heterocycles. The SMILES string of the molecule is O=S(=O)([O-])OC[C@H]1O[C@@H](OCc2ccccc2)[C@H](O)[C@@H](O)[C@@H]1O.[Li+]. The Morgan fingerprint density at radius 1 is 1.08 bits per heavy atom. The molecule has 1 aromatic carbocycles. The van der Waals surface area contributed by atoms with E-state index >= 15 is 0 Å². The summed E-state index contributed by atoms with van der Waals surface area (Å²) in [5, 5.41) is 29.4. The Bertz CT molecular complexity index is 597. The van der Waals surface area contributed by atoms with Crippen LogP contribution in [0.25, 0.3) is 0 Å². The molecule has 0 saturated carbocycles. The number of aliphatic hydroxyl groups is 3. The molecular weight excluding hydrogens is 339 g/mol. The van der Waals surface area contributed by atoms with E-state index < -0.39 is 47.7 Å². The third-order valence-corrected chi connectivity index (χ3v) is 3.73. The Morgan fingerprint density at radius 3 is 2.29 bits per heavy atom. The molecule has 1 aromatic rings. The molecule has 24 heavy (non-hydrogen) atoms. The number of rotatable bonds is 6. The Labute approximate surface area is 151 Å². The van der Waals surface area contributed by atoms with Crippen molar-refractivity contribution in [1.82, 2.24) is 0 Å². The van der Waals surface area contributed by atoms with Gasteiger partial charge in [0.1, 0.15) is 24.4 Å². The van der Waals surface area contributed by atoms with Gasteiger partial charge in [-0.2, -0.15) is 0 Å². The summed E-state index contributed by atoms with van der Waals surface area (Å²) in [6, 6.07) is 8.92. The zero-order chi connectivity index (χ0) is 17.0. The van der Waals surface area contributed by atoms with Gasteiger partial charge in [0.05, 0.1) is 13.2 Å². The monoisotopic (exact) mass is 356 g/mol. The molecule has 0 unspecified atom stereocenters. The summed E-state index contributed by atoms with van der Waals surface area (Å²) < 4.78 is 45.9. The van der Waals surface area contributed by atoms with E-state index in [-0.39, 0.29) is 25.5 Å². The summed E-state index contributed by atoms with van der Waals surface area (Å²) in [5.74, 6) is 0. The van der Waals surface area contributed by atoms with Crippen LogP contribution in [0.15, 0.2) is 30.3 Å². The van der Waals surface area contributed by atoms with Crippen LogP contribution in [-0.2, 0) is 30.7 Å². The molecule has 0 amide bonds. The first kappa shape index (κ1) is 21.5. The summed E-state index contributed by atoms with van der Waals surface area (Å²) >= 11 is 0. The van der Waals surface area contributed by atoms with Gasteiger partial charge < -0.3 is 29.3 Å². The molecule has 1 heterocycles. The number of hydrogen-bond acceptors (Lipinski definition) is 9. The predicted molar refractivity (Wildman–Crippen MR) is 73.6 cm³/mol. The van der Waals surface area contributed by atoms with Crippen molar-refractivity contribution >= 4 is 10.4 Å². The van der Waals surface area contributed by atoms with E-state index in [1.807, 2.05) is 6.07 Å². The van der Waals surface area contributed by atoms with E-state index in [2.05, 4.69) is 4.18 Å². The van der Waals surface area contributed by atoms with Crippen molar-refractivity contribution in [1.29, 1.82) is 0 Å². The molecule has 130 valence electrons. The summed E-state index contributed by atoms with van der Waals surface area (Å²) in [7, 11) is -4.98. The summed E-state index contributed by atoms with van der Waals surface area (Å²) in [6.45, 7) is -0.749. The third kappa shape index (κ3) is 6.09. The Balaban J connectivity index is 0.00000288. The average molecular weight is 356 g/mol. The van der Waals surface area contributed by atoms with Crippen LogP contribution < -0.4 is 18.9 Å². The van der Waals surface area contributed by atoms with E-state index in [1.165, 1.54) is 0 Å². The summed E-state index contributed by atoms with van der Waals surface area (Å²) in [6.07, 6.45) is -7.50. The van der Waals surface area contributed by atoms with Gasteiger partial charge in [-0.15, -0.1) is 0 Å². The molecule has 1 fully saturated rings. The first-order valence-corrected chi connectivity index (χ1v) is 8.06. The maximum atomic E-state index is 10.5. The van der Waals surface area contributed by atoms with Gasteiger partial charge in [0, 0.05) is 0 Å². The second kappa shape index (κ2) is 9.26. The van der Waals surface area contributed by atoms with Crippen molar-refractivity contribution in [3.63, 3.8) is 0 Å². The molecule has 0 aliphatic carbocycles. The maximum absolute atomic E-state index is 10.5. The van der Waals surface area contributed by atoms with Crippen LogP contribution in [0.5, 0.6) is 0 Å². The number of benzene rings is 1. The van der Waals surface area contributed by atoms with Gasteiger partial charge in [0.25, 0.3) is 0 Å². The van der Waals surface area contributed by atoms with E-state index in [0.29, 0.717) is 0 Å². The van der Waals surface area contributed by atoms with Crippen molar-refractivity contribution in [3.8, 4) is 0 Å². The molecule has 0 aromatic heterocycles. The van der Waals surface area contributed by atoms with Crippen LogP contribution in [0.1, 0.15) is 5.56 Å². The maximum Gasteiger partial charge on any atom is 1.00 e. The molecule has 0 bridgehead atoms. The van der Waals surface area contributed by atoms with Crippen LogP contribution in [0.2, 0.25) is 0 Å². The van der Waals surface area contributed by atoms with Crippen molar-refractivity contribution in [2.24, 2.45) is 0 Å². The Hall–Kier alpha value is -0.513. The summed E-state index contributed by atoms with van der Waals surface area (Å²) in [4.78, 5) is 0. The minimum absolute atomic E-state index is 0. The molecule has 0 radical (unpaired) electrons. The molecule has 2 rings (SSSR count). The van der Waals surface area contributed by atoms with Crippen LogP contribution in [0.4, 0.5) is 0 Å². The molecular formula is C13H17LiO9S. The number of hydrogen-bond donors (Lipinski definition) is 3. The van der Waals surface area contributed by atoms with Crippen molar-refractivity contribution in [2.75, 3.05) is 6.61 Å². The minimum atomic E-state index is -4.98. The van der Waals surface area contributed by atoms with Crippen LogP contribution in [0, 0.1) is 0 Å². The Morgan fingerprint density at radius 2 is 1.71 bits per heavy atom. The molecule has 5 atom stereocenters. The van der Waals surface area contributed by atoms with Gasteiger partial charge in [-0.1, -0.05) is 30.3 Å². The van der Waals surface area contributed by atoms with Crippen LogP contribution in [-0.4, -0.2) is 65.6 Å². The first-order valence-electron chi connectivity index (χ1n) is 6.73. The normalized spacial score (nSPS) is 30.6. The number of ether oxygens (including phenoxy) is 2. The van der Waals surface area contributed by atoms with Gasteiger partial charge in [-0.3, -0.25) is 4.18 Å². The predicted octanol–water partition coefficient (Wildman–Crippen LogP) is -4.51. The first-order chi connectivity index (χ1) is 10.8. The van der Waals surface area contributed by atoms with Crippen molar-refractivity contribution in [3.05, 3.63) is 35.9 Å². The van der Waals surface area contributed by atoms with Crippen LogP contribution in [0.3, 0.4) is 0 Å². The fourth-order valence-corrected chi connectivity index (χ4v) is 2.40. The van der Waals surface area contributed by atoms with E-state index in [0.717, 1.165) is 5.56 Å². The molecule has 0 spiro atoms. The molecule has 1 aliphatic rings. The van der Waals surface area contributed by atoms with E-state index in [1.54, 1.807) is 24.3 Å². The second-order valence-corrected chi connectivity index (χ2v) is 6.06. The van der Waals surface area contributed by atoms with Gasteiger partial charge in [-0.05, 0) is 5.56 Å². The second-order valence-electron chi connectivity index (χ2n) is 5.00. The van der Waals surface area contributed by atoms with E-state index in [4.69, 9.17) is 9.47 Å². The smallest absolute Gasteiger partial charge is 0.726 e. The molecule has 9 nitrogen and oxygen atoms in total. The third-order valence-electron chi connectivity index (χ3n) is 3.30. The van der Waals surface area contributed by atoms with Gasteiger partial charge in [0.2, 0.25) is 10.4 Å². The zero-order valence-electron chi connectivity index (χ0n) is 12.9. The average Bonchev–Trinajstić information content (AvgIpc) is 2.51. The molecule has 11 heteroatoms. The molecule has 1 aliphatic heterocycles. The fraction of sp³-hybridized carbons (Fsp3) is 0.538. The van der Waals surface area contributed by atoms with Gasteiger partial charge in [-0.25, -0.2) is 8.42 Å². The summed E-state index contributed by atoms with van der Waals surface area (Å²) in [5.41, 5.74) is 0.777. The van der Waals surface area contributed by atoms with Crippen molar-refractivity contribution < 1.29 is 60.8 Å². The van der Waals surface area contributed by atoms with Gasteiger partial charge in [0.15, 0.2) is 6.29 Å². The minimum Gasteiger partial charge on any atom is -0.726 e. The largest absolute Gasteiger partial charge is 1.00 e. The standard InChI is InChI=1S/C13H18O9S.Li/c14-10-9(7-21-23(17,18)19)22-13(12(16)11(10)15)20-6-8-4-2-1-3-5-8;/h1-5,9-16H,6-7H2,(H,17,18,19);/q;+1/p-1/t9-,10-,11+,12-,13-;/m1./s1. The van der Waals surface area contributed by atoms with Crippen molar-refractivity contribution in [2.45, 2.75) is 37.3 Å². The number of aliphatic hydroxyl groups excluding tert-OH is 3. The Kier molecular flexibility index (Phi) is 8.31. The van der Waals surface area contributed by atoms with E-state index in [9.17, 15) is 28.3 Å². The van der Waals surface area contributed by atoms with Crippen LogP contribution >= 0.6 is 0 Å². The van der Waals surface area contributed by atoms with Gasteiger partial charge >= 0.3 is 18.9 Å². The topological polar surface area (TPSA) is 146 Å². The fourth-order valence-electron chi connectivity index (χ4n) is 2.09. The zero-order valence-corrected chi connectivity index (χ0v) is 13.7. The quantitative estimate of drug-likeness (QED) is 0.261. The molecule has 3 N–H and O–H groups in total.